The van der Waals surface area contributed by atoms with Crippen LogP contribution in [0.4, 0.5) is 0 Å². The summed E-state index contributed by atoms with van der Waals surface area (Å²) in [5.41, 5.74) is 0.456. The number of carbonyl (C=O) groups is 1. The van der Waals surface area contributed by atoms with E-state index in [-0.39, 0.29) is 11.2 Å². The molecule has 0 N–H and O–H groups in total. The highest BCUT2D eigenvalue weighted by molar-refractivity contribution is 5.97. The molecule has 0 heterocycles. The molecule has 0 aliphatic rings. The van der Waals surface area contributed by atoms with Crippen LogP contribution in [0.3, 0.4) is 0 Å². The predicted octanol–water partition coefficient (Wildman–Crippen LogP) is 3.33. The monoisotopic (exact) mass is 248 g/mol. The van der Waals surface area contributed by atoms with Crippen molar-refractivity contribution in [2.75, 3.05) is 14.2 Å². The van der Waals surface area contributed by atoms with Gasteiger partial charge in [0.1, 0.15) is 11.5 Å². The van der Waals surface area contributed by atoms with Crippen LogP contribution in [0.25, 0.3) is 6.08 Å². The third-order valence-electron chi connectivity index (χ3n) is 2.59. The molecule has 3 nitrogen and oxygen atoms in total. The zero-order valence-corrected chi connectivity index (χ0v) is 11.6. The summed E-state index contributed by atoms with van der Waals surface area (Å²) in [7, 11) is 3.21. The molecule has 3 heteroatoms. The van der Waals surface area contributed by atoms with Gasteiger partial charge in [-0.15, -0.1) is 0 Å². The second-order valence-corrected chi connectivity index (χ2v) is 5.06. The van der Waals surface area contributed by atoms with Crippen LogP contribution >= 0.6 is 0 Å². The number of hydrogen-bond acceptors (Lipinski definition) is 3. The number of rotatable bonds is 4. The van der Waals surface area contributed by atoms with Crippen molar-refractivity contribution < 1.29 is 14.3 Å². The summed E-state index contributed by atoms with van der Waals surface area (Å²) in [6.07, 6.45) is 3.34. The molecule has 0 aromatic heterocycles. The Morgan fingerprint density at radius 1 is 1.17 bits per heavy atom. The Balaban J connectivity index is 3.02. The average Bonchev–Trinajstić information content (AvgIpc) is 2.34. The molecule has 0 saturated carbocycles. The molecule has 18 heavy (non-hydrogen) atoms. The van der Waals surface area contributed by atoms with E-state index in [1.165, 1.54) is 0 Å². The van der Waals surface area contributed by atoms with Gasteiger partial charge in [-0.3, -0.25) is 4.79 Å². The van der Waals surface area contributed by atoms with E-state index < -0.39 is 0 Å². The van der Waals surface area contributed by atoms with Crippen molar-refractivity contribution in [2.45, 2.75) is 20.8 Å². The second kappa shape index (κ2) is 5.71. The first-order chi connectivity index (χ1) is 8.38. The summed E-state index contributed by atoms with van der Waals surface area (Å²) in [6.45, 7) is 5.67. The number of hydrogen-bond donors (Lipinski definition) is 0. The van der Waals surface area contributed by atoms with Crippen molar-refractivity contribution in [3.05, 3.63) is 29.8 Å². The zero-order chi connectivity index (χ0) is 13.8. The van der Waals surface area contributed by atoms with E-state index in [1.807, 2.05) is 39.0 Å². The molecule has 1 rings (SSSR count). The van der Waals surface area contributed by atoms with Gasteiger partial charge in [0.2, 0.25) is 0 Å². The van der Waals surface area contributed by atoms with Gasteiger partial charge in [-0.2, -0.15) is 0 Å². The molecule has 0 unspecified atom stereocenters. The van der Waals surface area contributed by atoms with Crippen molar-refractivity contribution in [1.29, 1.82) is 0 Å². The van der Waals surface area contributed by atoms with E-state index in [1.54, 1.807) is 26.4 Å². The predicted molar refractivity (Wildman–Crippen MR) is 73.0 cm³/mol. The average molecular weight is 248 g/mol. The quantitative estimate of drug-likeness (QED) is 0.767. The Labute approximate surface area is 108 Å². The SMILES string of the molecule is COc1ccc(OC)c(/C=C\C(=O)C(C)(C)C)c1. The Hall–Kier alpha value is -1.77. The third kappa shape index (κ3) is 3.62. The van der Waals surface area contributed by atoms with Crippen molar-refractivity contribution in [3.63, 3.8) is 0 Å². The highest BCUT2D eigenvalue weighted by Gasteiger charge is 2.18. The van der Waals surface area contributed by atoms with Crippen LogP contribution in [0.2, 0.25) is 0 Å². The van der Waals surface area contributed by atoms with Gasteiger partial charge in [0.05, 0.1) is 14.2 Å². The Morgan fingerprint density at radius 2 is 1.83 bits per heavy atom. The summed E-state index contributed by atoms with van der Waals surface area (Å²) in [4.78, 5) is 11.8. The highest BCUT2D eigenvalue weighted by Crippen LogP contribution is 2.25. The molecular weight excluding hydrogens is 228 g/mol. The number of benzene rings is 1. The molecule has 0 amide bonds. The first-order valence-corrected chi connectivity index (χ1v) is 5.83. The van der Waals surface area contributed by atoms with Gasteiger partial charge >= 0.3 is 0 Å². The van der Waals surface area contributed by atoms with Crippen molar-refractivity contribution in [3.8, 4) is 11.5 Å². The maximum absolute atomic E-state index is 11.8. The minimum atomic E-state index is -0.372. The maximum atomic E-state index is 11.8. The standard InChI is InChI=1S/C15H20O3/c1-15(2,3)14(16)9-6-11-10-12(17-4)7-8-13(11)18-5/h6-10H,1-5H3/b9-6-. The van der Waals surface area contributed by atoms with Crippen LogP contribution in [0.5, 0.6) is 11.5 Å². The normalized spacial score (nSPS) is 11.6. The Kier molecular flexibility index (Phi) is 4.54. The Bertz CT molecular complexity index is 453. The van der Waals surface area contributed by atoms with E-state index in [4.69, 9.17) is 9.47 Å². The van der Waals surface area contributed by atoms with Crippen LogP contribution in [0.1, 0.15) is 26.3 Å². The number of ether oxygens (including phenoxy) is 2. The van der Waals surface area contributed by atoms with Crippen molar-refractivity contribution in [1.82, 2.24) is 0 Å². The molecule has 98 valence electrons. The largest absolute Gasteiger partial charge is 0.497 e. The smallest absolute Gasteiger partial charge is 0.161 e. The van der Waals surface area contributed by atoms with Gasteiger partial charge in [-0.25, -0.2) is 0 Å². The van der Waals surface area contributed by atoms with Crippen molar-refractivity contribution in [2.24, 2.45) is 5.41 Å². The summed E-state index contributed by atoms with van der Waals surface area (Å²) in [6, 6.07) is 5.48. The topological polar surface area (TPSA) is 35.5 Å². The molecule has 0 bridgehead atoms. The molecule has 0 spiro atoms. The molecule has 0 saturated heterocycles. The van der Waals surface area contributed by atoms with Crippen LogP contribution in [-0.4, -0.2) is 20.0 Å². The lowest BCUT2D eigenvalue weighted by molar-refractivity contribution is -0.121. The van der Waals surface area contributed by atoms with Crippen LogP contribution < -0.4 is 9.47 Å². The van der Waals surface area contributed by atoms with Gasteiger partial charge < -0.3 is 9.47 Å². The first-order valence-electron chi connectivity index (χ1n) is 5.83. The molecule has 0 aliphatic heterocycles. The van der Waals surface area contributed by atoms with Gasteiger partial charge in [0, 0.05) is 11.0 Å². The van der Waals surface area contributed by atoms with E-state index >= 15 is 0 Å². The van der Waals surface area contributed by atoms with Crippen LogP contribution in [0.15, 0.2) is 24.3 Å². The van der Waals surface area contributed by atoms with E-state index in [2.05, 4.69) is 0 Å². The molecule has 1 aromatic carbocycles. The first kappa shape index (κ1) is 14.3. The number of carbonyl (C=O) groups excluding carboxylic acids is 1. The van der Waals surface area contributed by atoms with Crippen molar-refractivity contribution >= 4 is 11.9 Å². The maximum Gasteiger partial charge on any atom is 0.161 e. The second-order valence-electron chi connectivity index (χ2n) is 5.06. The fraction of sp³-hybridized carbons (Fsp3) is 0.400. The molecular formula is C15H20O3. The number of methoxy groups -OCH3 is 2. The summed E-state index contributed by atoms with van der Waals surface area (Å²) in [5.74, 6) is 1.53. The van der Waals surface area contributed by atoms with Gasteiger partial charge in [-0.1, -0.05) is 20.8 Å². The summed E-state index contributed by atoms with van der Waals surface area (Å²) < 4.78 is 10.4. The molecule has 0 aliphatic carbocycles. The number of ketones is 1. The summed E-state index contributed by atoms with van der Waals surface area (Å²) in [5, 5.41) is 0. The lowest BCUT2D eigenvalue weighted by atomic mass is 9.90. The lowest BCUT2D eigenvalue weighted by Gasteiger charge is -2.13. The zero-order valence-electron chi connectivity index (χ0n) is 11.6. The van der Waals surface area contributed by atoms with Crippen LogP contribution in [0, 0.1) is 5.41 Å². The van der Waals surface area contributed by atoms with Gasteiger partial charge in [-0.05, 0) is 30.4 Å². The van der Waals surface area contributed by atoms with Crippen LogP contribution in [-0.2, 0) is 4.79 Å². The highest BCUT2D eigenvalue weighted by atomic mass is 16.5. The fourth-order valence-corrected chi connectivity index (χ4v) is 1.39. The third-order valence-corrected chi connectivity index (χ3v) is 2.59. The van der Waals surface area contributed by atoms with E-state index in [9.17, 15) is 4.79 Å². The lowest BCUT2D eigenvalue weighted by Crippen LogP contribution is -2.17. The summed E-state index contributed by atoms with van der Waals surface area (Å²) >= 11 is 0. The minimum absolute atomic E-state index is 0.0763. The molecule has 1 aromatic rings. The number of allylic oxidation sites excluding steroid dienone is 1. The minimum Gasteiger partial charge on any atom is -0.497 e. The Morgan fingerprint density at radius 3 is 2.33 bits per heavy atom. The molecule has 0 fully saturated rings. The van der Waals surface area contributed by atoms with Gasteiger partial charge in [0.25, 0.3) is 0 Å². The van der Waals surface area contributed by atoms with Gasteiger partial charge in [0.15, 0.2) is 5.78 Å². The fourth-order valence-electron chi connectivity index (χ4n) is 1.39. The molecule has 0 atom stereocenters. The van der Waals surface area contributed by atoms with E-state index in [0.717, 1.165) is 11.3 Å². The molecule has 0 radical (unpaired) electrons. The van der Waals surface area contributed by atoms with E-state index in [0.29, 0.717) is 5.75 Å².